The van der Waals surface area contributed by atoms with Gasteiger partial charge in [0.25, 0.3) is 0 Å². The fourth-order valence-electron chi connectivity index (χ4n) is 1.90. The van der Waals surface area contributed by atoms with Gasteiger partial charge >= 0.3 is 0 Å². The lowest BCUT2D eigenvalue weighted by atomic mass is 10.0. The van der Waals surface area contributed by atoms with Gasteiger partial charge in [0, 0.05) is 28.7 Å². The van der Waals surface area contributed by atoms with Crippen LogP contribution in [0.5, 0.6) is 0 Å². The number of halogens is 2. The first-order valence-electron chi connectivity index (χ1n) is 6.15. The van der Waals surface area contributed by atoms with Crippen molar-refractivity contribution in [2.24, 2.45) is 0 Å². The molecule has 1 heterocycles. The van der Waals surface area contributed by atoms with E-state index in [4.69, 9.17) is 0 Å². The van der Waals surface area contributed by atoms with E-state index in [0.717, 1.165) is 5.69 Å². The third-order valence-electron chi connectivity index (χ3n) is 2.93. The molecule has 0 aliphatic heterocycles. The van der Waals surface area contributed by atoms with E-state index in [9.17, 15) is 9.50 Å². The summed E-state index contributed by atoms with van der Waals surface area (Å²) in [7, 11) is 0. The van der Waals surface area contributed by atoms with E-state index >= 15 is 0 Å². The first-order chi connectivity index (χ1) is 8.99. The van der Waals surface area contributed by atoms with Crippen molar-refractivity contribution in [3.05, 3.63) is 52.0 Å². The van der Waals surface area contributed by atoms with Gasteiger partial charge in [-0.25, -0.2) is 4.39 Å². The molecule has 0 aliphatic rings. The van der Waals surface area contributed by atoms with Gasteiger partial charge in [-0.05, 0) is 32.0 Å². The smallest absolute Gasteiger partial charge is 0.130 e. The molecule has 0 fully saturated rings. The van der Waals surface area contributed by atoms with Crippen molar-refractivity contribution >= 4 is 15.9 Å². The fraction of sp³-hybridized carbons (Fsp3) is 0.357. The lowest BCUT2D eigenvalue weighted by Gasteiger charge is -2.12. The monoisotopic (exact) mass is 326 g/mol. The van der Waals surface area contributed by atoms with Crippen LogP contribution >= 0.6 is 15.9 Å². The van der Waals surface area contributed by atoms with Crippen LogP contribution in [0.4, 0.5) is 4.39 Å². The van der Waals surface area contributed by atoms with Gasteiger partial charge in [0.15, 0.2) is 0 Å². The van der Waals surface area contributed by atoms with Gasteiger partial charge in [-0.3, -0.25) is 4.68 Å². The highest BCUT2D eigenvalue weighted by Crippen LogP contribution is 2.28. The Morgan fingerprint density at radius 2 is 2.11 bits per heavy atom. The maximum Gasteiger partial charge on any atom is 0.130 e. The van der Waals surface area contributed by atoms with E-state index < -0.39 is 11.9 Å². The van der Waals surface area contributed by atoms with Gasteiger partial charge in [0.05, 0.1) is 11.8 Å². The lowest BCUT2D eigenvalue weighted by molar-refractivity contribution is 0.171. The van der Waals surface area contributed by atoms with E-state index in [1.54, 1.807) is 12.1 Å². The van der Waals surface area contributed by atoms with Gasteiger partial charge in [-0.1, -0.05) is 22.0 Å². The Morgan fingerprint density at radius 1 is 1.37 bits per heavy atom. The first kappa shape index (κ1) is 14.2. The van der Waals surface area contributed by atoms with Gasteiger partial charge in [0.1, 0.15) is 5.82 Å². The maximum absolute atomic E-state index is 13.7. The van der Waals surface area contributed by atoms with Crippen LogP contribution in [0.15, 0.2) is 34.9 Å². The summed E-state index contributed by atoms with van der Waals surface area (Å²) in [6.45, 7) is 4.06. The zero-order valence-corrected chi connectivity index (χ0v) is 12.4. The molecule has 1 aromatic carbocycles. The summed E-state index contributed by atoms with van der Waals surface area (Å²) in [5.74, 6) is -0.412. The molecule has 0 aliphatic carbocycles. The highest BCUT2D eigenvalue weighted by Gasteiger charge is 2.18. The van der Waals surface area contributed by atoms with E-state index in [2.05, 4.69) is 21.0 Å². The quantitative estimate of drug-likeness (QED) is 0.931. The van der Waals surface area contributed by atoms with Crippen LogP contribution in [0, 0.1) is 5.82 Å². The summed E-state index contributed by atoms with van der Waals surface area (Å²) < 4.78 is 16.1. The van der Waals surface area contributed by atoms with Crippen molar-refractivity contribution in [3.8, 4) is 0 Å². The van der Waals surface area contributed by atoms with E-state index in [1.807, 2.05) is 30.8 Å². The van der Waals surface area contributed by atoms with Crippen molar-refractivity contribution in [1.82, 2.24) is 9.78 Å². The third kappa shape index (κ3) is 3.22. The number of rotatable bonds is 4. The highest BCUT2D eigenvalue weighted by atomic mass is 79.9. The largest absolute Gasteiger partial charge is 0.388 e. The standard InChI is InChI=1S/C14H16BrFN2O/c1-9(2)18-7-6-10(17-18)8-13(19)14-11(15)4-3-5-12(14)16/h3-7,9,13,19H,8H2,1-2H3. The molecule has 2 aromatic rings. The SMILES string of the molecule is CC(C)n1ccc(CC(O)c2c(F)cccc2Br)n1. The van der Waals surface area contributed by atoms with Gasteiger partial charge in [-0.15, -0.1) is 0 Å². The number of aromatic nitrogens is 2. The molecule has 3 nitrogen and oxygen atoms in total. The molecule has 1 atom stereocenters. The van der Waals surface area contributed by atoms with Crippen molar-refractivity contribution in [2.45, 2.75) is 32.4 Å². The predicted octanol–water partition coefficient (Wildman–Crippen LogP) is 3.64. The molecule has 102 valence electrons. The summed E-state index contributed by atoms with van der Waals surface area (Å²) in [4.78, 5) is 0. The molecular weight excluding hydrogens is 311 g/mol. The van der Waals surface area contributed by atoms with E-state index in [1.165, 1.54) is 6.07 Å². The van der Waals surface area contributed by atoms with Crippen LogP contribution in [0.25, 0.3) is 0 Å². The van der Waals surface area contributed by atoms with E-state index in [-0.39, 0.29) is 11.6 Å². The molecule has 0 saturated carbocycles. The fourth-order valence-corrected chi connectivity index (χ4v) is 2.51. The molecule has 0 bridgehead atoms. The maximum atomic E-state index is 13.7. The Kier molecular flexibility index (Phi) is 4.37. The number of nitrogens with zero attached hydrogens (tertiary/aromatic N) is 2. The molecule has 1 unspecified atom stereocenters. The molecule has 0 spiro atoms. The highest BCUT2D eigenvalue weighted by molar-refractivity contribution is 9.10. The summed E-state index contributed by atoms with van der Waals surface area (Å²) >= 11 is 3.26. The Bertz CT molecular complexity index is 548. The number of benzene rings is 1. The normalized spacial score (nSPS) is 12.9. The minimum atomic E-state index is -0.911. The molecule has 2 rings (SSSR count). The van der Waals surface area contributed by atoms with Gasteiger partial charge < -0.3 is 5.11 Å². The number of aliphatic hydroxyl groups excluding tert-OH is 1. The second-order valence-corrected chi connectivity index (χ2v) is 5.59. The molecule has 1 N–H and O–H groups in total. The average molecular weight is 327 g/mol. The molecule has 19 heavy (non-hydrogen) atoms. The summed E-state index contributed by atoms with van der Waals surface area (Å²) in [6.07, 6.45) is 1.24. The van der Waals surface area contributed by atoms with E-state index in [0.29, 0.717) is 10.9 Å². The van der Waals surface area contributed by atoms with Crippen LogP contribution in [-0.4, -0.2) is 14.9 Å². The molecule has 1 aromatic heterocycles. The summed E-state index contributed by atoms with van der Waals surface area (Å²) in [6, 6.07) is 6.77. The van der Waals surface area contributed by atoms with Crippen LogP contribution in [0.3, 0.4) is 0 Å². The molecule has 0 saturated heterocycles. The van der Waals surface area contributed by atoms with Crippen molar-refractivity contribution < 1.29 is 9.50 Å². The molecule has 0 radical (unpaired) electrons. The topological polar surface area (TPSA) is 38.0 Å². The zero-order valence-electron chi connectivity index (χ0n) is 10.8. The average Bonchev–Trinajstić information content (AvgIpc) is 2.77. The van der Waals surface area contributed by atoms with Crippen LogP contribution < -0.4 is 0 Å². The molecule has 0 amide bonds. The first-order valence-corrected chi connectivity index (χ1v) is 6.94. The van der Waals surface area contributed by atoms with Crippen LogP contribution in [0.1, 0.15) is 37.3 Å². The summed E-state index contributed by atoms with van der Waals surface area (Å²) in [5.41, 5.74) is 1.03. The second kappa shape index (κ2) is 5.84. The minimum Gasteiger partial charge on any atom is -0.388 e. The second-order valence-electron chi connectivity index (χ2n) is 4.74. The lowest BCUT2D eigenvalue weighted by Crippen LogP contribution is -2.07. The van der Waals surface area contributed by atoms with Crippen molar-refractivity contribution in [2.75, 3.05) is 0 Å². The van der Waals surface area contributed by atoms with Crippen molar-refractivity contribution in [1.29, 1.82) is 0 Å². The number of aliphatic hydroxyl groups is 1. The third-order valence-corrected chi connectivity index (χ3v) is 3.62. The Morgan fingerprint density at radius 3 is 2.68 bits per heavy atom. The molecular formula is C14H16BrFN2O. The Labute approximate surface area is 120 Å². The Balaban J connectivity index is 2.18. The predicted molar refractivity (Wildman–Crippen MR) is 75.4 cm³/mol. The van der Waals surface area contributed by atoms with Crippen LogP contribution in [0.2, 0.25) is 0 Å². The number of hydrogen-bond acceptors (Lipinski definition) is 2. The van der Waals surface area contributed by atoms with Gasteiger partial charge in [0.2, 0.25) is 0 Å². The number of hydrogen-bond donors (Lipinski definition) is 1. The minimum absolute atomic E-state index is 0.270. The zero-order chi connectivity index (χ0) is 14.0. The van der Waals surface area contributed by atoms with Crippen LogP contribution in [-0.2, 0) is 6.42 Å². The van der Waals surface area contributed by atoms with Crippen molar-refractivity contribution in [3.63, 3.8) is 0 Å². The Hall–Kier alpha value is -1.20. The molecule has 5 heteroatoms. The van der Waals surface area contributed by atoms with Gasteiger partial charge in [-0.2, -0.15) is 5.10 Å². The summed E-state index contributed by atoms with van der Waals surface area (Å²) in [5, 5.41) is 14.5.